The SMILES string of the molecule is Cc1ncsc1CNC(CO)CC(C)C. The first-order chi connectivity index (χ1) is 7.13. The molecule has 0 radical (unpaired) electrons. The summed E-state index contributed by atoms with van der Waals surface area (Å²) in [7, 11) is 0. The Hall–Kier alpha value is -0.450. The molecular weight excluding hydrogens is 208 g/mol. The quantitative estimate of drug-likeness (QED) is 0.782. The van der Waals surface area contributed by atoms with Gasteiger partial charge in [-0.1, -0.05) is 13.8 Å². The van der Waals surface area contributed by atoms with E-state index in [0.29, 0.717) is 5.92 Å². The van der Waals surface area contributed by atoms with Crippen molar-refractivity contribution in [3.8, 4) is 0 Å². The van der Waals surface area contributed by atoms with Gasteiger partial charge in [0.1, 0.15) is 0 Å². The molecule has 0 aliphatic rings. The molecule has 86 valence electrons. The van der Waals surface area contributed by atoms with Gasteiger partial charge < -0.3 is 10.4 Å². The van der Waals surface area contributed by atoms with E-state index in [-0.39, 0.29) is 12.6 Å². The third kappa shape index (κ3) is 4.28. The van der Waals surface area contributed by atoms with Gasteiger partial charge in [0.2, 0.25) is 0 Å². The highest BCUT2D eigenvalue weighted by Crippen LogP contribution is 2.12. The van der Waals surface area contributed by atoms with Crippen LogP contribution in [0.2, 0.25) is 0 Å². The highest BCUT2D eigenvalue weighted by atomic mass is 32.1. The fourth-order valence-electron chi connectivity index (χ4n) is 1.52. The Bertz CT molecular complexity index is 286. The van der Waals surface area contributed by atoms with Crippen molar-refractivity contribution in [3.63, 3.8) is 0 Å². The normalized spacial score (nSPS) is 13.4. The fraction of sp³-hybridized carbons (Fsp3) is 0.727. The second-order valence-corrected chi connectivity index (χ2v) is 5.19. The van der Waals surface area contributed by atoms with Gasteiger partial charge in [0, 0.05) is 17.5 Å². The van der Waals surface area contributed by atoms with Crippen LogP contribution in [0.5, 0.6) is 0 Å². The minimum Gasteiger partial charge on any atom is -0.395 e. The first-order valence-electron chi connectivity index (χ1n) is 5.36. The Morgan fingerprint density at radius 2 is 2.27 bits per heavy atom. The van der Waals surface area contributed by atoms with Crippen LogP contribution in [0.25, 0.3) is 0 Å². The topological polar surface area (TPSA) is 45.2 Å². The number of aryl methyl sites for hydroxylation is 1. The number of nitrogens with one attached hydrogen (secondary N) is 1. The molecule has 4 heteroatoms. The second kappa shape index (κ2) is 6.20. The van der Waals surface area contributed by atoms with Crippen molar-refractivity contribution in [3.05, 3.63) is 16.1 Å². The lowest BCUT2D eigenvalue weighted by Gasteiger charge is -2.17. The Morgan fingerprint density at radius 1 is 1.53 bits per heavy atom. The van der Waals surface area contributed by atoms with Crippen molar-refractivity contribution in [2.24, 2.45) is 5.92 Å². The van der Waals surface area contributed by atoms with Crippen molar-refractivity contribution >= 4 is 11.3 Å². The smallest absolute Gasteiger partial charge is 0.0798 e. The zero-order valence-corrected chi connectivity index (χ0v) is 10.5. The number of rotatable bonds is 6. The molecule has 1 unspecified atom stereocenters. The van der Waals surface area contributed by atoms with Gasteiger partial charge in [-0.15, -0.1) is 11.3 Å². The standard InChI is InChI=1S/C11H20N2OS/c1-8(2)4-10(6-14)12-5-11-9(3)13-7-15-11/h7-8,10,12,14H,4-6H2,1-3H3. The summed E-state index contributed by atoms with van der Waals surface area (Å²) >= 11 is 1.67. The van der Waals surface area contributed by atoms with Crippen LogP contribution >= 0.6 is 11.3 Å². The maximum absolute atomic E-state index is 9.20. The largest absolute Gasteiger partial charge is 0.395 e. The molecule has 0 amide bonds. The highest BCUT2D eigenvalue weighted by molar-refractivity contribution is 7.09. The number of hydrogen-bond donors (Lipinski definition) is 2. The number of hydrogen-bond acceptors (Lipinski definition) is 4. The number of nitrogens with zero attached hydrogens (tertiary/aromatic N) is 1. The van der Waals surface area contributed by atoms with Crippen molar-refractivity contribution in [1.29, 1.82) is 0 Å². The van der Waals surface area contributed by atoms with Crippen molar-refractivity contribution in [2.75, 3.05) is 6.61 Å². The molecule has 1 aromatic heterocycles. The number of aromatic nitrogens is 1. The predicted molar refractivity (Wildman–Crippen MR) is 64.0 cm³/mol. The van der Waals surface area contributed by atoms with E-state index in [0.717, 1.165) is 18.7 Å². The molecule has 0 spiro atoms. The molecule has 0 aliphatic heterocycles. The minimum absolute atomic E-state index is 0.200. The maximum atomic E-state index is 9.20. The summed E-state index contributed by atoms with van der Waals surface area (Å²) in [5.74, 6) is 0.609. The molecule has 1 atom stereocenters. The van der Waals surface area contributed by atoms with E-state index < -0.39 is 0 Å². The van der Waals surface area contributed by atoms with Crippen LogP contribution in [0.3, 0.4) is 0 Å². The Kier molecular flexibility index (Phi) is 5.22. The summed E-state index contributed by atoms with van der Waals surface area (Å²) in [6, 6.07) is 0.200. The van der Waals surface area contributed by atoms with E-state index in [1.807, 2.05) is 12.4 Å². The molecule has 1 aromatic rings. The van der Waals surface area contributed by atoms with Crippen LogP contribution in [-0.2, 0) is 6.54 Å². The van der Waals surface area contributed by atoms with Gasteiger partial charge in [-0.2, -0.15) is 0 Å². The third-order valence-corrected chi connectivity index (χ3v) is 3.31. The molecule has 0 aromatic carbocycles. The summed E-state index contributed by atoms with van der Waals surface area (Å²) in [6.45, 7) is 7.37. The van der Waals surface area contributed by atoms with E-state index in [1.54, 1.807) is 11.3 Å². The summed E-state index contributed by atoms with van der Waals surface area (Å²) < 4.78 is 0. The van der Waals surface area contributed by atoms with Crippen molar-refractivity contribution < 1.29 is 5.11 Å². The molecule has 0 bridgehead atoms. The van der Waals surface area contributed by atoms with Gasteiger partial charge in [-0.05, 0) is 19.3 Å². The molecule has 15 heavy (non-hydrogen) atoms. The third-order valence-electron chi connectivity index (χ3n) is 2.37. The maximum Gasteiger partial charge on any atom is 0.0798 e. The lowest BCUT2D eigenvalue weighted by Crippen LogP contribution is -2.33. The average Bonchev–Trinajstić information content (AvgIpc) is 2.58. The molecule has 1 rings (SSSR count). The zero-order valence-electron chi connectivity index (χ0n) is 9.66. The number of aliphatic hydroxyl groups excluding tert-OH is 1. The van der Waals surface area contributed by atoms with Gasteiger partial charge in [0.15, 0.2) is 0 Å². The first-order valence-corrected chi connectivity index (χ1v) is 6.24. The van der Waals surface area contributed by atoms with E-state index in [4.69, 9.17) is 0 Å². The lowest BCUT2D eigenvalue weighted by molar-refractivity contribution is 0.224. The molecule has 3 nitrogen and oxygen atoms in total. The molecular formula is C11H20N2OS. The average molecular weight is 228 g/mol. The van der Waals surface area contributed by atoms with E-state index >= 15 is 0 Å². The van der Waals surface area contributed by atoms with Crippen molar-refractivity contribution in [2.45, 2.75) is 39.8 Å². The lowest BCUT2D eigenvalue weighted by atomic mass is 10.0. The summed E-state index contributed by atoms with van der Waals surface area (Å²) in [6.07, 6.45) is 1.01. The zero-order chi connectivity index (χ0) is 11.3. The fourth-order valence-corrected chi connectivity index (χ4v) is 2.25. The Balaban J connectivity index is 2.37. The molecule has 2 N–H and O–H groups in total. The van der Waals surface area contributed by atoms with Crippen LogP contribution in [0.4, 0.5) is 0 Å². The molecule has 1 heterocycles. The van der Waals surface area contributed by atoms with Gasteiger partial charge in [0.25, 0.3) is 0 Å². The summed E-state index contributed by atoms with van der Waals surface area (Å²) in [4.78, 5) is 5.46. The van der Waals surface area contributed by atoms with Crippen molar-refractivity contribution in [1.82, 2.24) is 10.3 Å². The van der Waals surface area contributed by atoms with Gasteiger partial charge in [0.05, 0.1) is 17.8 Å². The van der Waals surface area contributed by atoms with Gasteiger partial charge >= 0.3 is 0 Å². The van der Waals surface area contributed by atoms with E-state index in [1.165, 1.54) is 4.88 Å². The van der Waals surface area contributed by atoms with Crippen LogP contribution in [0.1, 0.15) is 30.8 Å². The number of aliphatic hydroxyl groups is 1. The van der Waals surface area contributed by atoms with E-state index in [9.17, 15) is 5.11 Å². The number of thiazole rings is 1. The van der Waals surface area contributed by atoms with Crippen LogP contribution in [0, 0.1) is 12.8 Å². The molecule has 0 saturated carbocycles. The summed E-state index contributed by atoms with van der Waals surface area (Å²) in [5.41, 5.74) is 2.96. The monoisotopic (exact) mass is 228 g/mol. The molecule has 0 fully saturated rings. The van der Waals surface area contributed by atoms with Gasteiger partial charge in [-0.25, -0.2) is 4.98 Å². The van der Waals surface area contributed by atoms with Crippen LogP contribution < -0.4 is 5.32 Å². The summed E-state index contributed by atoms with van der Waals surface area (Å²) in [5, 5.41) is 12.6. The predicted octanol–water partition coefficient (Wildman–Crippen LogP) is 1.95. The first kappa shape index (κ1) is 12.6. The van der Waals surface area contributed by atoms with Crippen LogP contribution in [0.15, 0.2) is 5.51 Å². The second-order valence-electron chi connectivity index (χ2n) is 4.25. The minimum atomic E-state index is 0.200. The van der Waals surface area contributed by atoms with Crippen LogP contribution in [-0.4, -0.2) is 22.7 Å². The van der Waals surface area contributed by atoms with Gasteiger partial charge in [-0.3, -0.25) is 0 Å². The highest BCUT2D eigenvalue weighted by Gasteiger charge is 2.10. The van der Waals surface area contributed by atoms with E-state index in [2.05, 4.69) is 24.1 Å². The molecule has 0 saturated heterocycles. The molecule has 0 aliphatic carbocycles. The Morgan fingerprint density at radius 3 is 2.73 bits per heavy atom. The Labute approximate surface area is 95.6 Å².